The van der Waals surface area contributed by atoms with Crippen LogP contribution in [0.25, 0.3) is 0 Å². The van der Waals surface area contributed by atoms with Crippen LogP contribution in [0.2, 0.25) is 0 Å². The van der Waals surface area contributed by atoms with Crippen molar-refractivity contribution in [1.82, 2.24) is 4.72 Å². The number of halogens is 1. The minimum Gasteiger partial charge on any atom is -0.478 e. The van der Waals surface area contributed by atoms with E-state index >= 15 is 0 Å². The Hall–Kier alpha value is -1.47. The number of benzene rings is 1. The number of carboxylic acid groups (broad SMARTS) is 1. The Bertz CT molecular complexity index is 583. The Kier molecular flexibility index (Phi) is 4.65. The van der Waals surface area contributed by atoms with Crippen LogP contribution in [0, 0.1) is 11.7 Å². The molecule has 7 heteroatoms. The van der Waals surface area contributed by atoms with Crippen molar-refractivity contribution >= 4 is 16.0 Å². The molecule has 0 saturated heterocycles. The van der Waals surface area contributed by atoms with Crippen molar-refractivity contribution in [3.63, 3.8) is 0 Å². The second-order valence-corrected chi connectivity index (χ2v) is 6.31. The molecule has 106 valence electrons. The summed E-state index contributed by atoms with van der Waals surface area (Å²) < 4.78 is 39.6. The van der Waals surface area contributed by atoms with Crippen LogP contribution in [0.1, 0.15) is 31.1 Å². The summed E-state index contributed by atoms with van der Waals surface area (Å²) in [5.74, 6) is -2.40. The standard InChI is InChI=1S/C12H16FNO4S/c1-7(2)8(3)14-19(17,18)9-4-5-11(13)10(6-9)12(15)16/h4-8,14H,1-3H3,(H,15,16)/t8-/m1/s1. The topological polar surface area (TPSA) is 83.5 Å². The molecule has 5 nitrogen and oxygen atoms in total. The zero-order valence-electron chi connectivity index (χ0n) is 10.8. The molecule has 0 radical (unpaired) electrons. The molecule has 0 bridgehead atoms. The average molecular weight is 289 g/mol. The highest BCUT2D eigenvalue weighted by Crippen LogP contribution is 2.16. The van der Waals surface area contributed by atoms with E-state index in [1.807, 2.05) is 13.8 Å². The largest absolute Gasteiger partial charge is 0.478 e. The minimum atomic E-state index is -3.86. The molecular weight excluding hydrogens is 273 g/mol. The zero-order chi connectivity index (χ0) is 14.8. The number of nitrogens with one attached hydrogen (secondary N) is 1. The highest BCUT2D eigenvalue weighted by molar-refractivity contribution is 7.89. The maximum absolute atomic E-state index is 13.2. The highest BCUT2D eigenvalue weighted by Gasteiger charge is 2.22. The van der Waals surface area contributed by atoms with Crippen molar-refractivity contribution in [3.05, 3.63) is 29.6 Å². The van der Waals surface area contributed by atoms with Gasteiger partial charge in [-0.25, -0.2) is 22.3 Å². The molecule has 1 rings (SSSR count). The van der Waals surface area contributed by atoms with Crippen molar-refractivity contribution in [3.8, 4) is 0 Å². The molecule has 0 amide bonds. The molecule has 0 aliphatic rings. The summed E-state index contributed by atoms with van der Waals surface area (Å²) in [5.41, 5.74) is -0.667. The predicted molar refractivity (Wildman–Crippen MR) is 68.0 cm³/mol. The Morgan fingerprint density at radius 3 is 2.37 bits per heavy atom. The molecule has 0 fully saturated rings. The number of hydrogen-bond donors (Lipinski definition) is 2. The molecule has 2 N–H and O–H groups in total. The second kappa shape index (κ2) is 5.66. The lowest BCUT2D eigenvalue weighted by Gasteiger charge is -2.17. The summed E-state index contributed by atoms with van der Waals surface area (Å²) in [5, 5.41) is 8.77. The molecule has 1 aromatic carbocycles. The lowest BCUT2D eigenvalue weighted by atomic mass is 10.1. The molecule has 0 spiro atoms. The van der Waals surface area contributed by atoms with Gasteiger partial charge in [0.25, 0.3) is 0 Å². The molecule has 0 aliphatic heterocycles. The third kappa shape index (κ3) is 3.74. The first kappa shape index (κ1) is 15.6. The first-order valence-electron chi connectivity index (χ1n) is 5.70. The van der Waals surface area contributed by atoms with Crippen LogP contribution in [0.5, 0.6) is 0 Å². The van der Waals surface area contributed by atoms with Crippen LogP contribution in [-0.4, -0.2) is 25.5 Å². The van der Waals surface area contributed by atoms with E-state index in [1.165, 1.54) is 0 Å². The van der Waals surface area contributed by atoms with Crippen LogP contribution in [0.3, 0.4) is 0 Å². The third-order valence-corrected chi connectivity index (χ3v) is 4.38. The molecule has 1 aromatic rings. The normalized spacial score (nSPS) is 13.5. The van der Waals surface area contributed by atoms with E-state index in [0.29, 0.717) is 0 Å². The fourth-order valence-electron chi connectivity index (χ4n) is 1.28. The lowest BCUT2D eigenvalue weighted by Crippen LogP contribution is -2.36. The van der Waals surface area contributed by atoms with Gasteiger partial charge in [-0.15, -0.1) is 0 Å². The summed E-state index contributed by atoms with van der Waals surface area (Å²) >= 11 is 0. The maximum Gasteiger partial charge on any atom is 0.338 e. The van der Waals surface area contributed by atoms with Gasteiger partial charge in [0.2, 0.25) is 10.0 Å². The van der Waals surface area contributed by atoms with Gasteiger partial charge in [0, 0.05) is 6.04 Å². The van der Waals surface area contributed by atoms with Gasteiger partial charge >= 0.3 is 5.97 Å². The second-order valence-electron chi connectivity index (χ2n) is 4.60. The van der Waals surface area contributed by atoms with Crippen molar-refractivity contribution in [2.75, 3.05) is 0 Å². The van der Waals surface area contributed by atoms with E-state index in [9.17, 15) is 17.6 Å². The van der Waals surface area contributed by atoms with E-state index in [2.05, 4.69) is 4.72 Å². The van der Waals surface area contributed by atoms with E-state index in [-0.39, 0.29) is 16.9 Å². The van der Waals surface area contributed by atoms with Crippen molar-refractivity contribution in [2.24, 2.45) is 5.92 Å². The van der Waals surface area contributed by atoms with Crippen molar-refractivity contribution < 1.29 is 22.7 Å². The Morgan fingerprint density at radius 2 is 1.89 bits per heavy atom. The molecule has 19 heavy (non-hydrogen) atoms. The van der Waals surface area contributed by atoms with Gasteiger partial charge < -0.3 is 5.11 Å². The SMILES string of the molecule is CC(C)[C@@H](C)NS(=O)(=O)c1ccc(F)c(C(=O)O)c1. The molecule has 0 unspecified atom stereocenters. The number of aromatic carboxylic acids is 1. The molecule has 0 saturated carbocycles. The molecule has 1 atom stereocenters. The van der Waals surface area contributed by atoms with Gasteiger partial charge in [-0.05, 0) is 31.0 Å². The van der Waals surface area contributed by atoms with Gasteiger partial charge in [-0.1, -0.05) is 13.8 Å². The van der Waals surface area contributed by atoms with Crippen LogP contribution >= 0.6 is 0 Å². The summed E-state index contributed by atoms with van der Waals surface area (Å²) in [6.45, 7) is 5.39. The average Bonchev–Trinajstić information content (AvgIpc) is 2.27. The zero-order valence-corrected chi connectivity index (χ0v) is 11.7. The summed E-state index contributed by atoms with van der Waals surface area (Å²) in [6, 6.07) is 2.37. The van der Waals surface area contributed by atoms with Gasteiger partial charge in [-0.3, -0.25) is 0 Å². The van der Waals surface area contributed by atoms with E-state index in [4.69, 9.17) is 5.11 Å². The first-order valence-corrected chi connectivity index (χ1v) is 7.18. The van der Waals surface area contributed by atoms with Crippen LogP contribution in [0.4, 0.5) is 4.39 Å². The van der Waals surface area contributed by atoms with Gasteiger partial charge in [-0.2, -0.15) is 0 Å². The van der Waals surface area contributed by atoms with Crippen molar-refractivity contribution in [2.45, 2.75) is 31.7 Å². The molecule has 0 aromatic heterocycles. The van der Waals surface area contributed by atoms with Gasteiger partial charge in [0.15, 0.2) is 0 Å². The van der Waals surface area contributed by atoms with Gasteiger partial charge in [0.05, 0.1) is 10.5 Å². The monoisotopic (exact) mass is 289 g/mol. The van der Waals surface area contributed by atoms with Crippen LogP contribution in [0.15, 0.2) is 23.1 Å². The van der Waals surface area contributed by atoms with E-state index in [0.717, 1.165) is 18.2 Å². The fraction of sp³-hybridized carbons (Fsp3) is 0.417. The van der Waals surface area contributed by atoms with Gasteiger partial charge in [0.1, 0.15) is 5.82 Å². The number of carboxylic acids is 1. The van der Waals surface area contributed by atoms with Crippen molar-refractivity contribution in [1.29, 1.82) is 0 Å². The smallest absolute Gasteiger partial charge is 0.338 e. The quantitative estimate of drug-likeness (QED) is 0.866. The third-order valence-electron chi connectivity index (χ3n) is 2.82. The number of hydrogen-bond acceptors (Lipinski definition) is 3. The minimum absolute atomic E-state index is 0.0779. The summed E-state index contributed by atoms with van der Waals surface area (Å²) in [7, 11) is -3.86. The Labute approximate surface area is 111 Å². The number of rotatable bonds is 5. The maximum atomic E-state index is 13.2. The first-order chi connectivity index (χ1) is 8.65. The summed E-state index contributed by atoms with van der Waals surface area (Å²) in [4.78, 5) is 10.5. The molecular formula is C12H16FNO4S. The van der Waals surface area contributed by atoms with Crippen LogP contribution in [-0.2, 0) is 10.0 Å². The predicted octanol–water partition coefficient (Wildman–Crippen LogP) is 1.85. The Morgan fingerprint density at radius 1 is 1.32 bits per heavy atom. The van der Waals surface area contributed by atoms with Crippen LogP contribution < -0.4 is 4.72 Å². The number of sulfonamides is 1. The van der Waals surface area contributed by atoms with E-state index < -0.39 is 27.4 Å². The summed E-state index contributed by atoms with van der Waals surface area (Å²) in [6.07, 6.45) is 0. The lowest BCUT2D eigenvalue weighted by molar-refractivity contribution is 0.0691. The van der Waals surface area contributed by atoms with E-state index in [1.54, 1.807) is 6.92 Å². The fourth-order valence-corrected chi connectivity index (χ4v) is 2.70. The highest BCUT2D eigenvalue weighted by atomic mass is 32.2. The number of carbonyl (C=O) groups is 1. The molecule has 0 aliphatic carbocycles. The molecule has 0 heterocycles. The Balaban J connectivity index is 3.16.